The van der Waals surface area contributed by atoms with Gasteiger partial charge in [-0.05, 0) is 25.1 Å². The fourth-order valence-electron chi connectivity index (χ4n) is 1.76. The van der Waals surface area contributed by atoms with Gasteiger partial charge in [0.1, 0.15) is 0 Å². The molecule has 2 aromatic heterocycles. The highest BCUT2D eigenvalue weighted by Crippen LogP contribution is 2.32. The predicted molar refractivity (Wildman–Crippen MR) is 77.4 cm³/mol. The first-order chi connectivity index (χ1) is 9.22. The molecule has 0 fully saturated rings. The van der Waals surface area contributed by atoms with E-state index in [0.717, 1.165) is 21.9 Å². The maximum absolute atomic E-state index is 5.96. The summed E-state index contributed by atoms with van der Waals surface area (Å²) in [6.45, 7) is 2.08. The van der Waals surface area contributed by atoms with E-state index in [2.05, 4.69) is 26.9 Å². The van der Waals surface area contributed by atoms with Crippen LogP contribution in [0.15, 0.2) is 41.9 Å². The minimum atomic E-state index is 0.185. The Hall–Kier alpha value is -1.59. The Kier molecular flexibility index (Phi) is 3.40. The molecule has 1 N–H and O–H groups in total. The van der Waals surface area contributed by atoms with Gasteiger partial charge < -0.3 is 4.98 Å². The van der Waals surface area contributed by atoms with Gasteiger partial charge in [0.15, 0.2) is 5.16 Å². The minimum Gasteiger partial charge on any atom is -0.333 e. The maximum Gasteiger partial charge on any atom is 0.167 e. The Morgan fingerprint density at radius 3 is 3.00 bits per heavy atom. The third-order valence-electron chi connectivity index (χ3n) is 2.71. The summed E-state index contributed by atoms with van der Waals surface area (Å²) in [6.07, 6.45) is 5.14. The molecule has 0 saturated carbocycles. The highest BCUT2D eigenvalue weighted by molar-refractivity contribution is 7.99. The van der Waals surface area contributed by atoms with Crippen molar-refractivity contribution in [2.24, 2.45) is 0 Å². The molecule has 0 aliphatic carbocycles. The largest absolute Gasteiger partial charge is 0.333 e. The van der Waals surface area contributed by atoms with Crippen molar-refractivity contribution in [3.8, 4) is 0 Å². The fraction of sp³-hybridized carbons (Fsp3) is 0.154. The molecule has 3 rings (SSSR count). The summed E-state index contributed by atoms with van der Waals surface area (Å²) in [5, 5.41) is 1.75. The predicted octanol–water partition coefficient (Wildman–Crippen LogP) is 3.86. The van der Waals surface area contributed by atoms with Crippen LogP contribution in [0.2, 0.25) is 5.02 Å². The summed E-state index contributed by atoms with van der Waals surface area (Å²) in [5.41, 5.74) is 2.80. The average Bonchev–Trinajstić information content (AvgIpc) is 2.81. The van der Waals surface area contributed by atoms with Crippen LogP contribution in [0.25, 0.3) is 11.0 Å². The Labute approximate surface area is 119 Å². The smallest absolute Gasteiger partial charge is 0.167 e. The van der Waals surface area contributed by atoms with Crippen LogP contribution in [-0.2, 0) is 0 Å². The monoisotopic (exact) mass is 290 g/mol. The first-order valence-electron chi connectivity index (χ1n) is 5.80. The van der Waals surface area contributed by atoms with Crippen LogP contribution in [-0.4, -0.2) is 19.9 Å². The van der Waals surface area contributed by atoms with E-state index in [4.69, 9.17) is 11.6 Å². The van der Waals surface area contributed by atoms with Crippen molar-refractivity contribution >= 4 is 34.4 Å². The first-order valence-corrected chi connectivity index (χ1v) is 7.06. The zero-order valence-electron chi connectivity index (χ0n) is 10.2. The topological polar surface area (TPSA) is 54.5 Å². The number of rotatable bonds is 3. The Bertz CT molecular complexity index is 698. The zero-order chi connectivity index (χ0) is 13.2. The molecule has 0 bridgehead atoms. The lowest BCUT2D eigenvalue weighted by Gasteiger charge is -2.06. The molecule has 0 aliphatic rings. The van der Waals surface area contributed by atoms with E-state index < -0.39 is 0 Å². The van der Waals surface area contributed by atoms with E-state index in [1.165, 1.54) is 0 Å². The van der Waals surface area contributed by atoms with Crippen LogP contribution in [0.1, 0.15) is 17.9 Å². The summed E-state index contributed by atoms with van der Waals surface area (Å²) >= 11 is 7.57. The van der Waals surface area contributed by atoms with Crippen molar-refractivity contribution in [1.82, 2.24) is 19.9 Å². The number of nitrogens with zero attached hydrogens (tertiary/aromatic N) is 3. The minimum absolute atomic E-state index is 0.185. The number of hydrogen-bond donors (Lipinski definition) is 1. The normalized spacial score (nSPS) is 12.7. The highest BCUT2D eigenvalue weighted by atomic mass is 35.5. The number of thioether (sulfide) groups is 1. The highest BCUT2D eigenvalue weighted by Gasteiger charge is 2.12. The second-order valence-electron chi connectivity index (χ2n) is 4.09. The Balaban J connectivity index is 1.85. The van der Waals surface area contributed by atoms with Crippen molar-refractivity contribution < 1.29 is 0 Å². The molecule has 96 valence electrons. The zero-order valence-corrected chi connectivity index (χ0v) is 11.7. The van der Waals surface area contributed by atoms with Gasteiger partial charge in [-0.25, -0.2) is 4.98 Å². The van der Waals surface area contributed by atoms with Crippen molar-refractivity contribution in [2.45, 2.75) is 17.3 Å². The van der Waals surface area contributed by atoms with E-state index in [1.807, 2.05) is 18.2 Å². The van der Waals surface area contributed by atoms with Crippen molar-refractivity contribution in [3.05, 3.63) is 47.5 Å². The molecule has 0 unspecified atom stereocenters. The lowest BCUT2D eigenvalue weighted by molar-refractivity contribution is 0.961. The molecule has 0 saturated heterocycles. The van der Waals surface area contributed by atoms with E-state index in [9.17, 15) is 0 Å². The standard InChI is InChI=1S/C13H11ClN4S/c1-8(12-7-15-4-5-16-12)19-13-17-10-3-2-9(14)6-11(10)18-13/h2-8H,1H3,(H,17,18)/t8-/m1/s1. The number of benzene rings is 1. The average molecular weight is 291 g/mol. The van der Waals surface area contributed by atoms with Gasteiger partial charge in [-0.2, -0.15) is 0 Å². The third kappa shape index (κ3) is 2.72. The van der Waals surface area contributed by atoms with Crippen LogP contribution in [0.4, 0.5) is 0 Å². The molecule has 3 aromatic rings. The van der Waals surface area contributed by atoms with Crippen LogP contribution >= 0.6 is 23.4 Å². The molecule has 0 amide bonds. The molecule has 1 aromatic carbocycles. The molecule has 1 atom stereocenters. The van der Waals surface area contributed by atoms with Gasteiger partial charge in [-0.15, -0.1) is 0 Å². The SMILES string of the molecule is C[C@@H](Sc1nc2ccc(Cl)cc2[nH]1)c1cnccn1. The molecular weight excluding hydrogens is 280 g/mol. The van der Waals surface area contributed by atoms with Gasteiger partial charge >= 0.3 is 0 Å². The van der Waals surface area contributed by atoms with Crippen LogP contribution < -0.4 is 0 Å². The van der Waals surface area contributed by atoms with Crippen molar-refractivity contribution in [2.75, 3.05) is 0 Å². The molecule has 6 heteroatoms. The molecular formula is C13H11ClN4S. The van der Waals surface area contributed by atoms with Gasteiger partial charge in [0, 0.05) is 23.6 Å². The number of aromatic amines is 1. The van der Waals surface area contributed by atoms with Gasteiger partial charge in [-0.1, -0.05) is 23.4 Å². The molecule has 2 heterocycles. The third-order valence-corrected chi connectivity index (χ3v) is 3.96. The van der Waals surface area contributed by atoms with E-state index in [1.54, 1.807) is 30.4 Å². The lowest BCUT2D eigenvalue weighted by atomic mass is 10.3. The quantitative estimate of drug-likeness (QED) is 0.744. The van der Waals surface area contributed by atoms with Gasteiger partial charge in [0.25, 0.3) is 0 Å². The molecule has 0 radical (unpaired) electrons. The van der Waals surface area contributed by atoms with Crippen LogP contribution in [0, 0.1) is 0 Å². The van der Waals surface area contributed by atoms with Crippen LogP contribution in [0.5, 0.6) is 0 Å². The van der Waals surface area contributed by atoms with Crippen molar-refractivity contribution in [3.63, 3.8) is 0 Å². The summed E-state index contributed by atoms with van der Waals surface area (Å²) in [7, 11) is 0. The molecule has 0 aliphatic heterocycles. The number of fused-ring (bicyclic) bond motifs is 1. The summed E-state index contributed by atoms with van der Waals surface area (Å²) in [4.78, 5) is 16.2. The van der Waals surface area contributed by atoms with Crippen molar-refractivity contribution in [1.29, 1.82) is 0 Å². The summed E-state index contributed by atoms with van der Waals surface area (Å²) in [5.74, 6) is 0. The molecule has 0 spiro atoms. The Morgan fingerprint density at radius 2 is 2.21 bits per heavy atom. The van der Waals surface area contributed by atoms with E-state index >= 15 is 0 Å². The van der Waals surface area contributed by atoms with Crippen LogP contribution in [0.3, 0.4) is 0 Å². The van der Waals surface area contributed by atoms with Gasteiger partial charge in [0.2, 0.25) is 0 Å². The fourth-order valence-corrected chi connectivity index (χ4v) is 2.83. The molecule has 19 heavy (non-hydrogen) atoms. The number of nitrogens with one attached hydrogen (secondary N) is 1. The van der Waals surface area contributed by atoms with E-state index in [0.29, 0.717) is 5.02 Å². The molecule has 4 nitrogen and oxygen atoms in total. The van der Waals surface area contributed by atoms with Gasteiger partial charge in [0.05, 0.1) is 22.0 Å². The lowest BCUT2D eigenvalue weighted by Crippen LogP contribution is -1.93. The Morgan fingerprint density at radius 1 is 1.32 bits per heavy atom. The summed E-state index contributed by atoms with van der Waals surface area (Å²) in [6, 6.07) is 5.62. The second-order valence-corrected chi connectivity index (χ2v) is 5.86. The maximum atomic E-state index is 5.96. The van der Waals surface area contributed by atoms with Gasteiger partial charge in [-0.3, -0.25) is 9.97 Å². The number of halogens is 1. The van der Waals surface area contributed by atoms with E-state index in [-0.39, 0.29) is 5.25 Å². The number of aromatic nitrogens is 4. The second kappa shape index (κ2) is 5.19. The first kappa shape index (κ1) is 12.4. The summed E-state index contributed by atoms with van der Waals surface area (Å²) < 4.78 is 0. The number of H-pyrrole nitrogens is 1. The number of imidazole rings is 1. The number of hydrogen-bond acceptors (Lipinski definition) is 4.